The molecule has 0 unspecified atom stereocenters. The molecule has 5 rings (SSSR count). The molecule has 1 aliphatic heterocycles. The monoisotopic (exact) mass is 431 g/mol. The van der Waals surface area contributed by atoms with Crippen LogP contribution in [-0.2, 0) is 0 Å². The van der Waals surface area contributed by atoms with E-state index in [9.17, 15) is 9.59 Å². The highest BCUT2D eigenvalue weighted by Gasteiger charge is 2.42. The minimum absolute atomic E-state index is 0.0872. The summed E-state index contributed by atoms with van der Waals surface area (Å²) in [6.07, 6.45) is 6.83. The van der Waals surface area contributed by atoms with E-state index in [0.717, 1.165) is 42.5 Å². The highest BCUT2D eigenvalue weighted by Crippen LogP contribution is 2.45. The number of ketones is 1. The minimum Gasteiger partial charge on any atom is -0.486 e. The van der Waals surface area contributed by atoms with Crippen LogP contribution >= 0.6 is 0 Å². The van der Waals surface area contributed by atoms with Crippen molar-refractivity contribution in [3.8, 4) is 5.75 Å². The predicted molar refractivity (Wildman–Crippen MR) is 125 cm³/mol. The number of hydrogen-bond acceptors (Lipinski definition) is 4. The molecule has 1 amide bonds. The average Bonchev–Trinajstić information content (AvgIpc) is 2.94. The summed E-state index contributed by atoms with van der Waals surface area (Å²) in [6.45, 7) is 5.83. The van der Waals surface area contributed by atoms with Gasteiger partial charge in [-0.1, -0.05) is 25.0 Å². The van der Waals surface area contributed by atoms with Crippen molar-refractivity contribution in [1.82, 2.24) is 0 Å². The molecule has 1 aliphatic carbocycles. The van der Waals surface area contributed by atoms with Gasteiger partial charge < -0.3 is 14.5 Å². The topological polar surface area (TPSA) is 68.5 Å². The zero-order chi connectivity index (χ0) is 22.5. The van der Waals surface area contributed by atoms with Gasteiger partial charge in [-0.2, -0.15) is 0 Å². The predicted octanol–water partition coefficient (Wildman–Crippen LogP) is 6.67. The molecule has 1 aromatic heterocycles. The molecule has 2 aliphatic rings. The van der Waals surface area contributed by atoms with Gasteiger partial charge in [-0.05, 0) is 75.8 Å². The second-order valence-corrected chi connectivity index (χ2v) is 9.37. The molecule has 2 aromatic carbocycles. The number of fused-ring (bicyclic) bond motifs is 3. The molecule has 1 N–H and O–H groups in total. The standard InChI is InChI=1S/C27H29NO4/c1-16-9-8-10-19(17(16)2)28-26(30)25-18(3)23-21(31-25)11-12-22-24(23)20(29)15-27(32-22)13-6-4-5-7-14-27/h8-12H,4-7,13-15H2,1-3H3,(H,28,30). The van der Waals surface area contributed by atoms with Gasteiger partial charge in [0.1, 0.15) is 16.9 Å². The van der Waals surface area contributed by atoms with Crippen LogP contribution in [0.15, 0.2) is 34.7 Å². The van der Waals surface area contributed by atoms with E-state index < -0.39 is 0 Å². The summed E-state index contributed by atoms with van der Waals surface area (Å²) in [5, 5.41) is 3.66. The third-order valence-electron chi connectivity index (χ3n) is 7.22. The number of nitrogens with one attached hydrogen (secondary N) is 1. The maximum absolute atomic E-state index is 13.4. The third kappa shape index (κ3) is 3.40. The normalized spacial score (nSPS) is 17.7. The van der Waals surface area contributed by atoms with Crippen LogP contribution in [0, 0.1) is 20.8 Å². The minimum atomic E-state index is -0.380. The van der Waals surface area contributed by atoms with E-state index in [1.54, 1.807) is 0 Å². The summed E-state index contributed by atoms with van der Waals surface area (Å²) in [7, 11) is 0. The van der Waals surface area contributed by atoms with Gasteiger partial charge in [0.05, 0.1) is 12.0 Å². The first-order valence-corrected chi connectivity index (χ1v) is 11.5. The van der Waals surface area contributed by atoms with Crippen LogP contribution in [0.5, 0.6) is 5.75 Å². The van der Waals surface area contributed by atoms with E-state index in [4.69, 9.17) is 9.15 Å². The fourth-order valence-corrected chi connectivity index (χ4v) is 5.27. The smallest absolute Gasteiger partial charge is 0.291 e. The Balaban J connectivity index is 1.53. The van der Waals surface area contributed by atoms with Gasteiger partial charge in [-0.3, -0.25) is 9.59 Å². The molecule has 0 atom stereocenters. The Morgan fingerprint density at radius 2 is 1.72 bits per heavy atom. The molecule has 3 aromatic rings. The number of carbonyl (C=O) groups is 2. The summed E-state index contributed by atoms with van der Waals surface area (Å²) in [5.41, 5.74) is 4.28. The van der Waals surface area contributed by atoms with Gasteiger partial charge in [0.2, 0.25) is 0 Å². The SMILES string of the molecule is Cc1cccc(NC(=O)c2oc3ccc4c(c3c2C)C(=O)CC2(CCCCCC2)O4)c1C. The Labute approximate surface area is 188 Å². The number of benzene rings is 2. The molecular weight excluding hydrogens is 402 g/mol. The van der Waals surface area contributed by atoms with Crippen LogP contribution in [0.2, 0.25) is 0 Å². The Bertz CT molecular complexity index is 1230. The van der Waals surface area contributed by atoms with Crippen molar-refractivity contribution in [3.63, 3.8) is 0 Å². The molecule has 1 fully saturated rings. The first kappa shape index (κ1) is 20.8. The van der Waals surface area contributed by atoms with Crippen molar-refractivity contribution < 1.29 is 18.7 Å². The molecule has 2 heterocycles. The molecular formula is C27H29NO4. The Morgan fingerprint density at radius 3 is 2.47 bits per heavy atom. The van der Waals surface area contributed by atoms with Crippen LogP contribution in [-0.4, -0.2) is 17.3 Å². The van der Waals surface area contributed by atoms with Crippen molar-refractivity contribution in [3.05, 3.63) is 58.3 Å². The molecule has 0 radical (unpaired) electrons. The van der Waals surface area contributed by atoms with Crippen molar-refractivity contribution in [1.29, 1.82) is 0 Å². The second kappa shape index (κ2) is 7.80. The fraction of sp³-hybridized carbons (Fsp3) is 0.407. The van der Waals surface area contributed by atoms with E-state index in [1.165, 1.54) is 12.8 Å². The van der Waals surface area contributed by atoms with Crippen molar-refractivity contribution in [2.75, 3.05) is 5.32 Å². The van der Waals surface area contributed by atoms with E-state index >= 15 is 0 Å². The number of hydrogen-bond donors (Lipinski definition) is 1. The summed E-state index contributed by atoms with van der Waals surface area (Å²) in [4.78, 5) is 26.4. The number of Topliss-reactive ketones (excluding diaryl/α,β-unsaturated/α-hetero) is 1. The summed E-state index contributed by atoms with van der Waals surface area (Å²) >= 11 is 0. The third-order valence-corrected chi connectivity index (χ3v) is 7.22. The summed E-state index contributed by atoms with van der Waals surface area (Å²) < 4.78 is 12.5. The fourth-order valence-electron chi connectivity index (χ4n) is 5.27. The second-order valence-electron chi connectivity index (χ2n) is 9.37. The van der Waals surface area contributed by atoms with Crippen molar-refractivity contribution in [2.24, 2.45) is 0 Å². The quantitative estimate of drug-likeness (QED) is 0.492. The molecule has 5 heteroatoms. The lowest BCUT2D eigenvalue weighted by Gasteiger charge is -2.37. The van der Waals surface area contributed by atoms with Gasteiger partial charge >= 0.3 is 0 Å². The number of amides is 1. The lowest BCUT2D eigenvalue weighted by Crippen LogP contribution is -2.41. The lowest BCUT2D eigenvalue weighted by molar-refractivity contribution is 0.0301. The number of ether oxygens (including phenoxy) is 1. The first-order chi connectivity index (χ1) is 15.4. The van der Waals surface area contributed by atoms with Gasteiger partial charge in [0, 0.05) is 16.6 Å². The average molecular weight is 432 g/mol. The van der Waals surface area contributed by atoms with Gasteiger partial charge in [0.15, 0.2) is 11.5 Å². The Kier molecular flexibility index (Phi) is 5.07. The number of anilines is 1. The van der Waals surface area contributed by atoms with Crippen LogP contribution in [0.25, 0.3) is 11.0 Å². The van der Waals surface area contributed by atoms with Gasteiger partial charge in [0.25, 0.3) is 5.91 Å². The van der Waals surface area contributed by atoms with E-state index in [1.807, 2.05) is 51.1 Å². The Morgan fingerprint density at radius 1 is 0.969 bits per heavy atom. The van der Waals surface area contributed by atoms with Crippen LogP contribution in [0.3, 0.4) is 0 Å². The van der Waals surface area contributed by atoms with Gasteiger partial charge in [-0.15, -0.1) is 0 Å². The van der Waals surface area contributed by atoms with E-state index in [0.29, 0.717) is 34.3 Å². The summed E-state index contributed by atoms with van der Waals surface area (Å²) in [5.74, 6) is 0.632. The zero-order valence-electron chi connectivity index (χ0n) is 19.0. The highest BCUT2D eigenvalue weighted by molar-refractivity contribution is 6.15. The first-order valence-electron chi connectivity index (χ1n) is 11.5. The van der Waals surface area contributed by atoms with E-state index in [-0.39, 0.29) is 23.1 Å². The molecule has 1 saturated carbocycles. The number of carbonyl (C=O) groups excluding carboxylic acids is 2. The Hall–Kier alpha value is -3.08. The molecule has 1 spiro atoms. The number of furan rings is 1. The molecule has 0 saturated heterocycles. The lowest BCUT2D eigenvalue weighted by atomic mass is 9.83. The summed E-state index contributed by atoms with van der Waals surface area (Å²) in [6, 6.07) is 9.45. The largest absolute Gasteiger partial charge is 0.486 e. The van der Waals surface area contributed by atoms with Crippen LogP contribution in [0.4, 0.5) is 5.69 Å². The van der Waals surface area contributed by atoms with Crippen molar-refractivity contribution in [2.45, 2.75) is 71.3 Å². The molecule has 0 bridgehead atoms. The van der Waals surface area contributed by atoms with E-state index in [2.05, 4.69) is 5.32 Å². The maximum Gasteiger partial charge on any atom is 0.291 e. The van der Waals surface area contributed by atoms with Crippen LogP contribution < -0.4 is 10.1 Å². The highest BCUT2D eigenvalue weighted by atomic mass is 16.5. The zero-order valence-corrected chi connectivity index (χ0v) is 19.0. The van der Waals surface area contributed by atoms with Gasteiger partial charge in [-0.25, -0.2) is 0 Å². The molecule has 166 valence electrons. The van der Waals surface area contributed by atoms with Crippen molar-refractivity contribution >= 4 is 28.3 Å². The van der Waals surface area contributed by atoms with Crippen LogP contribution in [0.1, 0.15) is 82.5 Å². The number of rotatable bonds is 2. The molecule has 32 heavy (non-hydrogen) atoms. The maximum atomic E-state index is 13.4. The number of aryl methyl sites for hydroxylation is 2. The molecule has 5 nitrogen and oxygen atoms in total.